The molecule has 5 rings (SSSR count). The molecule has 0 aromatic carbocycles. The van der Waals surface area contributed by atoms with Crippen molar-refractivity contribution in [2.75, 3.05) is 24.6 Å². The molecule has 0 bridgehead atoms. The molecular formula is C27H32ClFN8OSi. The van der Waals surface area contributed by atoms with E-state index in [1.807, 2.05) is 27.7 Å². The van der Waals surface area contributed by atoms with Crippen molar-refractivity contribution in [3.05, 3.63) is 54.1 Å². The normalized spacial score (nSPS) is 16.6. The number of pyridine rings is 1. The van der Waals surface area contributed by atoms with Crippen LogP contribution >= 0.6 is 11.6 Å². The molecule has 0 radical (unpaired) electrons. The number of rotatable bonds is 10. The summed E-state index contributed by atoms with van der Waals surface area (Å²) < 4.78 is 23.4. The fraction of sp³-hybridized carbons (Fsp3) is 0.444. The van der Waals surface area contributed by atoms with Gasteiger partial charge in [-0.1, -0.05) is 31.2 Å². The smallest absolute Gasteiger partial charge is 0.167 e. The third-order valence-electron chi connectivity index (χ3n) is 7.18. The molecule has 5 heterocycles. The van der Waals surface area contributed by atoms with Crippen LogP contribution in [0.25, 0.3) is 22.3 Å². The first-order valence-electron chi connectivity index (χ1n) is 13.1. The van der Waals surface area contributed by atoms with Crippen molar-refractivity contribution in [2.24, 2.45) is 5.92 Å². The second-order valence-corrected chi connectivity index (χ2v) is 17.1. The number of hydrogen-bond acceptors (Lipinski definition) is 7. The average Bonchev–Trinajstić information content (AvgIpc) is 3.66. The van der Waals surface area contributed by atoms with E-state index in [0.717, 1.165) is 47.9 Å². The van der Waals surface area contributed by atoms with E-state index in [-0.39, 0.29) is 17.1 Å². The summed E-state index contributed by atoms with van der Waals surface area (Å²) in [5.41, 5.74) is 2.47. The van der Waals surface area contributed by atoms with Crippen LogP contribution in [-0.4, -0.2) is 57.1 Å². The Morgan fingerprint density at radius 1 is 1.26 bits per heavy atom. The minimum atomic E-state index is -1.15. The van der Waals surface area contributed by atoms with Gasteiger partial charge in [-0.25, -0.2) is 19.3 Å². The van der Waals surface area contributed by atoms with E-state index < -0.39 is 13.9 Å². The molecule has 0 unspecified atom stereocenters. The van der Waals surface area contributed by atoms with Gasteiger partial charge in [-0.3, -0.25) is 4.68 Å². The van der Waals surface area contributed by atoms with Gasteiger partial charge in [-0.15, -0.1) is 0 Å². The number of hydrogen-bond donors (Lipinski definition) is 0. The van der Waals surface area contributed by atoms with E-state index in [9.17, 15) is 9.65 Å². The minimum absolute atomic E-state index is 0.119. The lowest BCUT2D eigenvalue weighted by atomic mass is 9.96. The number of aromatic nitrogens is 6. The molecule has 12 heteroatoms. The van der Waals surface area contributed by atoms with Gasteiger partial charge in [-0.05, 0) is 30.7 Å². The third kappa shape index (κ3) is 6.13. The largest absolute Gasteiger partial charge is 0.361 e. The predicted octanol–water partition coefficient (Wildman–Crippen LogP) is 5.78. The number of halogens is 2. The van der Waals surface area contributed by atoms with E-state index in [1.165, 1.54) is 6.07 Å². The fourth-order valence-electron chi connectivity index (χ4n) is 4.98. The fourth-order valence-corrected chi connectivity index (χ4v) is 5.89. The maximum absolute atomic E-state index is 13.6. The molecule has 0 spiro atoms. The van der Waals surface area contributed by atoms with E-state index >= 15 is 0 Å². The molecule has 1 aliphatic heterocycles. The maximum Gasteiger partial charge on any atom is 0.167 e. The van der Waals surface area contributed by atoms with Gasteiger partial charge in [0.1, 0.15) is 24.5 Å². The van der Waals surface area contributed by atoms with E-state index in [1.54, 1.807) is 18.6 Å². The quantitative estimate of drug-likeness (QED) is 0.136. The Morgan fingerprint density at radius 2 is 2.10 bits per heavy atom. The van der Waals surface area contributed by atoms with Crippen molar-refractivity contribution < 1.29 is 9.13 Å². The van der Waals surface area contributed by atoms with Gasteiger partial charge < -0.3 is 14.2 Å². The lowest BCUT2D eigenvalue weighted by Crippen LogP contribution is -2.25. The Morgan fingerprint density at radius 3 is 2.87 bits per heavy atom. The van der Waals surface area contributed by atoms with Gasteiger partial charge in [0.2, 0.25) is 0 Å². The van der Waals surface area contributed by atoms with Crippen LogP contribution in [0.2, 0.25) is 30.8 Å². The molecule has 0 N–H and O–H groups in total. The van der Waals surface area contributed by atoms with Crippen molar-refractivity contribution in [1.29, 1.82) is 5.26 Å². The van der Waals surface area contributed by atoms with Crippen LogP contribution in [-0.2, 0) is 11.5 Å². The summed E-state index contributed by atoms with van der Waals surface area (Å²) in [6.07, 6.45) is 8.47. The Labute approximate surface area is 233 Å². The molecule has 4 aromatic heterocycles. The van der Waals surface area contributed by atoms with Gasteiger partial charge >= 0.3 is 0 Å². The van der Waals surface area contributed by atoms with E-state index in [4.69, 9.17) is 16.3 Å². The van der Waals surface area contributed by atoms with Crippen molar-refractivity contribution in [1.82, 2.24) is 29.3 Å². The molecule has 2 atom stereocenters. The Hall–Kier alpha value is -3.33. The second-order valence-electron chi connectivity index (χ2n) is 11.2. The van der Waals surface area contributed by atoms with Crippen LogP contribution in [0, 0.1) is 23.1 Å². The molecule has 204 valence electrons. The van der Waals surface area contributed by atoms with Gasteiger partial charge in [0, 0.05) is 57.0 Å². The summed E-state index contributed by atoms with van der Waals surface area (Å²) in [4.78, 5) is 15.3. The number of ether oxygens (including phenoxy) is 1. The Bertz CT molecular complexity index is 1490. The highest BCUT2D eigenvalue weighted by Gasteiger charge is 2.32. The molecule has 0 aliphatic carbocycles. The summed E-state index contributed by atoms with van der Waals surface area (Å²) in [6, 6.07) is 8.30. The summed E-state index contributed by atoms with van der Waals surface area (Å²) in [5.74, 6) is 0.271. The maximum atomic E-state index is 13.6. The van der Waals surface area contributed by atoms with Crippen LogP contribution in [0.3, 0.4) is 0 Å². The molecular weight excluding hydrogens is 535 g/mol. The molecule has 0 saturated carbocycles. The lowest BCUT2D eigenvalue weighted by molar-refractivity contribution is 0.0899. The summed E-state index contributed by atoms with van der Waals surface area (Å²) in [6.45, 7) is 9.62. The first-order chi connectivity index (χ1) is 18.7. The van der Waals surface area contributed by atoms with Crippen LogP contribution in [0.5, 0.6) is 0 Å². The summed E-state index contributed by atoms with van der Waals surface area (Å²) >= 11 is 5.90. The first kappa shape index (κ1) is 27.2. The van der Waals surface area contributed by atoms with Crippen LogP contribution in [0.4, 0.5) is 10.2 Å². The minimum Gasteiger partial charge on any atom is -0.361 e. The standard InChI is InChI=1S/C27H32ClFN8OSi/c1-39(2,3)13-12-38-18-36-11-8-21-25(31-17-32-27(21)36)20-14-33-37(16-20)23(6-9-30)19-7-10-35(15-19)24-5-4-22(29)26(28)34-24/h4-5,8,11,14,16-17,19,23H,6-7,10,12-13,15,18H2,1-3H3/t19-,23-/m0/s1. The predicted molar refractivity (Wildman–Crippen MR) is 152 cm³/mol. The highest BCUT2D eigenvalue weighted by atomic mass is 35.5. The SMILES string of the molecule is C[Si](C)(C)CCOCn1ccc2c(-c3cnn([C@@H](CC#N)[C@H]4CCN(c5ccc(F)c(Cl)n5)C4)c3)ncnc21. The average molecular weight is 567 g/mol. The number of fused-ring (bicyclic) bond motifs is 1. The van der Waals surface area contributed by atoms with E-state index in [0.29, 0.717) is 25.5 Å². The summed E-state index contributed by atoms with van der Waals surface area (Å²) in [7, 11) is -1.15. The number of nitrogens with zero attached hydrogens (tertiary/aromatic N) is 8. The van der Waals surface area contributed by atoms with Crippen molar-refractivity contribution in [2.45, 2.75) is 51.3 Å². The van der Waals surface area contributed by atoms with Crippen molar-refractivity contribution in [3.63, 3.8) is 0 Å². The Kier molecular flexibility index (Phi) is 7.97. The van der Waals surface area contributed by atoms with Gasteiger partial charge in [-0.2, -0.15) is 10.4 Å². The molecule has 0 amide bonds. The van der Waals surface area contributed by atoms with Crippen LogP contribution in [0.1, 0.15) is 18.9 Å². The van der Waals surface area contributed by atoms with E-state index in [2.05, 4.69) is 50.7 Å². The zero-order valence-corrected chi connectivity index (χ0v) is 24.1. The van der Waals surface area contributed by atoms with Gasteiger partial charge in [0.25, 0.3) is 0 Å². The zero-order valence-electron chi connectivity index (χ0n) is 22.4. The third-order valence-corrected chi connectivity index (χ3v) is 9.15. The molecule has 39 heavy (non-hydrogen) atoms. The molecule has 1 fully saturated rings. The van der Waals surface area contributed by atoms with Gasteiger partial charge in [0.15, 0.2) is 11.0 Å². The number of nitriles is 1. The van der Waals surface area contributed by atoms with Crippen LogP contribution < -0.4 is 4.90 Å². The lowest BCUT2D eigenvalue weighted by Gasteiger charge is -2.23. The molecule has 9 nitrogen and oxygen atoms in total. The second kappa shape index (κ2) is 11.4. The van der Waals surface area contributed by atoms with Crippen molar-refractivity contribution in [3.8, 4) is 17.3 Å². The summed E-state index contributed by atoms with van der Waals surface area (Å²) in [5, 5.41) is 15.0. The monoisotopic (exact) mass is 566 g/mol. The number of anilines is 1. The first-order valence-corrected chi connectivity index (χ1v) is 17.2. The van der Waals surface area contributed by atoms with Crippen LogP contribution in [0.15, 0.2) is 43.1 Å². The molecule has 1 aliphatic rings. The molecule has 4 aromatic rings. The Balaban J connectivity index is 1.32. The molecule has 1 saturated heterocycles. The topological polar surface area (TPSA) is 97.7 Å². The highest BCUT2D eigenvalue weighted by Crippen LogP contribution is 2.34. The highest BCUT2D eigenvalue weighted by molar-refractivity contribution is 6.76. The zero-order chi connectivity index (χ0) is 27.6. The van der Waals surface area contributed by atoms with Crippen molar-refractivity contribution >= 4 is 36.5 Å². The van der Waals surface area contributed by atoms with Gasteiger partial charge in [0.05, 0.1) is 30.4 Å².